The summed E-state index contributed by atoms with van der Waals surface area (Å²) in [5.74, 6) is -0.182. The van der Waals surface area contributed by atoms with Crippen LogP contribution in [0.2, 0.25) is 0 Å². The molecule has 0 aromatic heterocycles. The van der Waals surface area contributed by atoms with Crippen LogP contribution in [0.4, 0.5) is 5.69 Å². The Morgan fingerprint density at radius 3 is 2.50 bits per heavy atom. The third-order valence-electron chi connectivity index (χ3n) is 2.75. The summed E-state index contributed by atoms with van der Waals surface area (Å²) in [5.41, 5.74) is 1.25. The Labute approximate surface area is 118 Å². The van der Waals surface area contributed by atoms with Crippen molar-refractivity contribution in [1.29, 1.82) is 0 Å². The fourth-order valence-electron chi connectivity index (χ4n) is 1.75. The van der Waals surface area contributed by atoms with Gasteiger partial charge in [0.25, 0.3) is 0 Å². The molecule has 1 rings (SSSR count). The van der Waals surface area contributed by atoms with Crippen LogP contribution in [0.3, 0.4) is 0 Å². The monoisotopic (exact) mass is 276 g/mol. The Kier molecular flexibility index (Phi) is 6.63. The minimum atomic E-state index is -0.170. The van der Waals surface area contributed by atoms with E-state index in [-0.39, 0.29) is 24.8 Å². The van der Waals surface area contributed by atoms with E-state index in [1.54, 1.807) is 35.2 Å². The van der Waals surface area contributed by atoms with Crippen molar-refractivity contribution in [3.63, 3.8) is 0 Å². The Balaban J connectivity index is 2.56. The topological polar surface area (TPSA) is 69.6 Å². The zero-order chi connectivity index (χ0) is 15.0. The molecule has 0 heterocycles. The van der Waals surface area contributed by atoms with E-state index in [0.29, 0.717) is 24.3 Å². The second-order valence-electron chi connectivity index (χ2n) is 4.43. The number of amides is 1. The zero-order valence-electron chi connectivity index (χ0n) is 11.6. The van der Waals surface area contributed by atoms with Gasteiger partial charge < -0.3 is 10.4 Å². The Morgan fingerprint density at radius 1 is 1.35 bits per heavy atom. The molecule has 0 saturated heterocycles. The molecular weight excluding hydrogens is 256 g/mol. The highest BCUT2D eigenvalue weighted by molar-refractivity contribution is 5.96. The number of benzene rings is 1. The van der Waals surface area contributed by atoms with Crippen molar-refractivity contribution in [1.82, 2.24) is 4.90 Å². The summed E-state index contributed by atoms with van der Waals surface area (Å²) in [7, 11) is 0. The number of aliphatic hydroxyl groups excluding tert-OH is 1. The van der Waals surface area contributed by atoms with Crippen LogP contribution < -0.4 is 5.32 Å². The van der Waals surface area contributed by atoms with Crippen molar-refractivity contribution < 1.29 is 14.7 Å². The van der Waals surface area contributed by atoms with Crippen molar-refractivity contribution in [2.75, 3.05) is 31.6 Å². The van der Waals surface area contributed by atoms with Gasteiger partial charge in [-0.15, -0.1) is 6.58 Å². The molecule has 1 aromatic rings. The lowest BCUT2D eigenvalue weighted by molar-refractivity contribution is -0.117. The van der Waals surface area contributed by atoms with Gasteiger partial charge in [-0.3, -0.25) is 14.5 Å². The van der Waals surface area contributed by atoms with E-state index in [1.165, 1.54) is 6.92 Å². The average molecular weight is 276 g/mol. The number of hydrogen-bond acceptors (Lipinski definition) is 4. The van der Waals surface area contributed by atoms with Crippen LogP contribution in [-0.4, -0.2) is 47.9 Å². The van der Waals surface area contributed by atoms with Gasteiger partial charge in [-0.2, -0.15) is 0 Å². The lowest BCUT2D eigenvalue weighted by Crippen LogP contribution is -2.35. The summed E-state index contributed by atoms with van der Waals surface area (Å²) >= 11 is 0. The van der Waals surface area contributed by atoms with Crippen LogP contribution in [0.15, 0.2) is 36.9 Å². The molecule has 0 radical (unpaired) electrons. The third kappa shape index (κ3) is 5.34. The predicted molar refractivity (Wildman–Crippen MR) is 78.8 cm³/mol. The SMILES string of the molecule is C=CCN(CCO)CC(=O)Nc1ccc(C(C)=O)cc1. The van der Waals surface area contributed by atoms with E-state index in [2.05, 4.69) is 11.9 Å². The van der Waals surface area contributed by atoms with Gasteiger partial charge in [-0.1, -0.05) is 6.08 Å². The first-order valence-corrected chi connectivity index (χ1v) is 6.41. The molecule has 108 valence electrons. The van der Waals surface area contributed by atoms with E-state index in [9.17, 15) is 9.59 Å². The van der Waals surface area contributed by atoms with E-state index < -0.39 is 0 Å². The smallest absolute Gasteiger partial charge is 0.238 e. The molecule has 0 fully saturated rings. The van der Waals surface area contributed by atoms with Gasteiger partial charge in [0.05, 0.1) is 13.2 Å². The molecule has 0 aliphatic carbocycles. The van der Waals surface area contributed by atoms with Gasteiger partial charge in [-0.25, -0.2) is 0 Å². The lowest BCUT2D eigenvalue weighted by Gasteiger charge is -2.18. The van der Waals surface area contributed by atoms with Crippen LogP contribution in [-0.2, 0) is 4.79 Å². The molecule has 0 atom stereocenters. The normalized spacial score (nSPS) is 10.3. The van der Waals surface area contributed by atoms with Crippen LogP contribution in [0, 0.1) is 0 Å². The highest BCUT2D eigenvalue weighted by Gasteiger charge is 2.09. The quantitative estimate of drug-likeness (QED) is 0.555. The van der Waals surface area contributed by atoms with Gasteiger partial charge >= 0.3 is 0 Å². The summed E-state index contributed by atoms with van der Waals surface area (Å²) in [5, 5.41) is 11.7. The molecule has 0 aliphatic heterocycles. The maximum absolute atomic E-state index is 11.9. The third-order valence-corrected chi connectivity index (χ3v) is 2.75. The molecule has 0 bridgehead atoms. The van der Waals surface area contributed by atoms with E-state index in [1.807, 2.05) is 0 Å². The number of hydrogen-bond donors (Lipinski definition) is 2. The number of aliphatic hydroxyl groups is 1. The van der Waals surface area contributed by atoms with Crippen molar-refractivity contribution in [3.8, 4) is 0 Å². The number of Topliss-reactive ketones (excluding diaryl/α,β-unsaturated/α-hetero) is 1. The van der Waals surface area contributed by atoms with Crippen LogP contribution in [0.5, 0.6) is 0 Å². The highest BCUT2D eigenvalue weighted by Crippen LogP contribution is 2.10. The number of anilines is 1. The molecule has 1 amide bonds. The lowest BCUT2D eigenvalue weighted by atomic mass is 10.1. The van der Waals surface area contributed by atoms with Crippen molar-refractivity contribution in [2.24, 2.45) is 0 Å². The number of rotatable bonds is 8. The van der Waals surface area contributed by atoms with Crippen molar-refractivity contribution >= 4 is 17.4 Å². The zero-order valence-corrected chi connectivity index (χ0v) is 11.6. The number of carbonyl (C=O) groups excluding carboxylic acids is 2. The number of carbonyl (C=O) groups is 2. The fourth-order valence-corrected chi connectivity index (χ4v) is 1.75. The van der Waals surface area contributed by atoms with Gasteiger partial charge in [0.15, 0.2) is 5.78 Å². The van der Waals surface area contributed by atoms with Gasteiger partial charge in [-0.05, 0) is 31.2 Å². The number of nitrogens with one attached hydrogen (secondary N) is 1. The van der Waals surface area contributed by atoms with E-state index in [0.717, 1.165) is 0 Å². The Hall–Kier alpha value is -1.98. The van der Waals surface area contributed by atoms with Crippen LogP contribution >= 0.6 is 0 Å². The number of ketones is 1. The first kappa shape index (κ1) is 16.1. The van der Waals surface area contributed by atoms with Crippen molar-refractivity contribution in [2.45, 2.75) is 6.92 Å². The molecule has 20 heavy (non-hydrogen) atoms. The minimum Gasteiger partial charge on any atom is -0.395 e. The van der Waals surface area contributed by atoms with E-state index in [4.69, 9.17) is 5.11 Å². The average Bonchev–Trinajstić information content (AvgIpc) is 2.39. The molecule has 0 unspecified atom stereocenters. The summed E-state index contributed by atoms with van der Waals surface area (Å²) < 4.78 is 0. The standard InChI is InChI=1S/C15H20N2O3/c1-3-8-17(9-10-18)11-15(20)16-14-6-4-13(5-7-14)12(2)19/h3-7,18H,1,8-11H2,2H3,(H,16,20). The summed E-state index contributed by atoms with van der Waals surface area (Å²) in [6.07, 6.45) is 1.69. The molecule has 5 nitrogen and oxygen atoms in total. The molecule has 0 saturated carbocycles. The summed E-state index contributed by atoms with van der Waals surface area (Å²) in [6.45, 7) is 6.24. The molecule has 2 N–H and O–H groups in total. The van der Waals surface area contributed by atoms with Crippen LogP contribution in [0.25, 0.3) is 0 Å². The predicted octanol–water partition coefficient (Wildman–Crippen LogP) is 1.31. The van der Waals surface area contributed by atoms with Crippen LogP contribution in [0.1, 0.15) is 17.3 Å². The second-order valence-corrected chi connectivity index (χ2v) is 4.43. The summed E-state index contributed by atoms with van der Waals surface area (Å²) in [4.78, 5) is 24.8. The maximum atomic E-state index is 11.9. The van der Waals surface area contributed by atoms with Gasteiger partial charge in [0, 0.05) is 24.3 Å². The summed E-state index contributed by atoms with van der Waals surface area (Å²) in [6, 6.07) is 6.73. The van der Waals surface area contributed by atoms with Crippen molar-refractivity contribution in [3.05, 3.63) is 42.5 Å². The first-order valence-electron chi connectivity index (χ1n) is 6.41. The first-order chi connectivity index (χ1) is 9.56. The molecule has 5 heteroatoms. The Morgan fingerprint density at radius 2 is 2.00 bits per heavy atom. The second kappa shape index (κ2) is 8.24. The highest BCUT2D eigenvalue weighted by atomic mass is 16.3. The Bertz CT molecular complexity index is 469. The van der Waals surface area contributed by atoms with E-state index >= 15 is 0 Å². The van der Waals surface area contributed by atoms with Gasteiger partial charge in [0.1, 0.15) is 0 Å². The molecular formula is C15H20N2O3. The fraction of sp³-hybridized carbons (Fsp3) is 0.333. The largest absolute Gasteiger partial charge is 0.395 e. The number of nitrogens with zero attached hydrogens (tertiary/aromatic N) is 1. The minimum absolute atomic E-state index is 0.00553. The molecule has 0 spiro atoms. The maximum Gasteiger partial charge on any atom is 0.238 e. The van der Waals surface area contributed by atoms with Gasteiger partial charge in [0.2, 0.25) is 5.91 Å². The molecule has 0 aliphatic rings. The molecule has 1 aromatic carbocycles.